The molecule has 2 nitrogen and oxygen atoms in total. The molecule has 0 fully saturated rings. The lowest BCUT2D eigenvalue weighted by Gasteiger charge is -2.14. The van der Waals surface area contributed by atoms with Gasteiger partial charge in [-0.1, -0.05) is 46.3 Å². The molecule has 2 heterocycles. The lowest BCUT2D eigenvalue weighted by molar-refractivity contribution is 0.637. The molecular weight excluding hydrogens is 300 g/mol. The minimum Gasteiger partial charge on any atom is -0.320 e. The molecule has 3 heteroatoms. The maximum Gasteiger partial charge on any atom is 0.110 e. The number of nitrogens with zero attached hydrogens (tertiary/aromatic N) is 2. The summed E-state index contributed by atoms with van der Waals surface area (Å²) < 4.78 is 3.51. The van der Waals surface area contributed by atoms with E-state index in [9.17, 15) is 0 Å². The second kappa shape index (κ2) is 4.20. The first-order chi connectivity index (χ1) is 9.33. The van der Waals surface area contributed by atoms with E-state index in [4.69, 9.17) is 4.98 Å². The fourth-order valence-corrected chi connectivity index (χ4v) is 3.38. The van der Waals surface area contributed by atoms with Crippen molar-refractivity contribution in [2.45, 2.75) is 18.9 Å². The van der Waals surface area contributed by atoms with E-state index in [-0.39, 0.29) is 0 Å². The molecule has 0 saturated carbocycles. The van der Waals surface area contributed by atoms with Crippen LogP contribution >= 0.6 is 15.9 Å². The van der Waals surface area contributed by atoms with Crippen molar-refractivity contribution >= 4 is 27.0 Å². The molecule has 3 aromatic rings. The number of benzene rings is 2. The highest BCUT2D eigenvalue weighted by atomic mass is 79.9. The van der Waals surface area contributed by atoms with Gasteiger partial charge in [-0.15, -0.1) is 0 Å². The molecule has 1 unspecified atom stereocenters. The van der Waals surface area contributed by atoms with E-state index in [2.05, 4.69) is 69.0 Å². The van der Waals surface area contributed by atoms with Crippen LogP contribution in [0, 0.1) is 0 Å². The molecule has 0 spiro atoms. The van der Waals surface area contributed by atoms with Crippen molar-refractivity contribution in [1.29, 1.82) is 0 Å². The van der Waals surface area contributed by atoms with Gasteiger partial charge in [0.2, 0.25) is 0 Å². The molecule has 0 radical (unpaired) electrons. The summed E-state index contributed by atoms with van der Waals surface area (Å²) in [4.78, 5) is 4.75. The van der Waals surface area contributed by atoms with Crippen LogP contribution in [0.5, 0.6) is 0 Å². The van der Waals surface area contributed by atoms with Crippen LogP contribution in [-0.2, 0) is 6.42 Å². The molecule has 0 amide bonds. The minimum absolute atomic E-state index is 0.426. The van der Waals surface area contributed by atoms with E-state index in [1.54, 1.807) is 0 Å². The Hall–Kier alpha value is -1.61. The van der Waals surface area contributed by atoms with Crippen molar-refractivity contribution in [3.63, 3.8) is 0 Å². The van der Waals surface area contributed by atoms with Gasteiger partial charge >= 0.3 is 0 Å². The Morgan fingerprint density at radius 1 is 1.11 bits per heavy atom. The van der Waals surface area contributed by atoms with Crippen LogP contribution in [-0.4, -0.2) is 9.55 Å². The number of fused-ring (bicyclic) bond motifs is 3. The molecular formula is C16H13BrN2. The molecule has 4 rings (SSSR count). The van der Waals surface area contributed by atoms with E-state index in [0.29, 0.717) is 6.04 Å². The second-order valence-electron chi connectivity index (χ2n) is 5.00. The lowest BCUT2D eigenvalue weighted by Crippen LogP contribution is -2.05. The number of rotatable bonds is 1. The van der Waals surface area contributed by atoms with E-state index in [1.807, 2.05) is 0 Å². The van der Waals surface area contributed by atoms with Gasteiger partial charge in [0.25, 0.3) is 0 Å². The first kappa shape index (κ1) is 11.2. The molecule has 19 heavy (non-hydrogen) atoms. The largest absolute Gasteiger partial charge is 0.320 e. The number of hydrogen-bond acceptors (Lipinski definition) is 1. The molecule has 1 aromatic heterocycles. The van der Waals surface area contributed by atoms with Gasteiger partial charge in [0, 0.05) is 10.9 Å². The summed E-state index contributed by atoms with van der Waals surface area (Å²) in [5, 5.41) is 0. The van der Waals surface area contributed by atoms with Crippen molar-refractivity contribution in [3.8, 4) is 0 Å². The van der Waals surface area contributed by atoms with Gasteiger partial charge in [0.1, 0.15) is 5.82 Å². The van der Waals surface area contributed by atoms with Crippen molar-refractivity contribution in [1.82, 2.24) is 9.55 Å². The van der Waals surface area contributed by atoms with Gasteiger partial charge in [-0.25, -0.2) is 4.98 Å². The van der Waals surface area contributed by atoms with Crippen LogP contribution in [0.2, 0.25) is 0 Å². The van der Waals surface area contributed by atoms with Crippen molar-refractivity contribution in [3.05, 3.63) is 64.4 Å². The van der Waals surface area contributed by atoms with Crippen LogP contribution in [0.4, 0.5) is 0 Å². The average molecular weight is 313 g/mol. The van der Waals surface area contributed by atoms with Gasteiger partial charge < -0.3 is 4.57 Å². The smallest absolute Gasteiger partial charge is 0.110 e. The Labute approximate surface area is 120 Å². The maximum atomic E-state index is 4.75. The van der Waals surface area contributed by atoms with Crippen LogP contribution < -0.4 is 0 Å². The third kappa shape index (κ3) is 1.72. The number of aryl methyl sites for hydroxylation is 1. The molecule has 0 aliphatic carbocycles. The summed E-state index contributed by atoms with van der Waals surface area (Å²) in [5.41, 5.74) is 3.70. The number of aromatic nitrogens is 2. The number of imidazole rings is 1. The molecule has 1 atom stereocenters. The minimum atomic E-state index is 0.426. The van der Waals surface area contributed by atoms with Crippen LogP contribution in [0.25, 0.3) is 11.0 Å². The standard InChI is InChI=1S/C16H13BrN2/c17-12-6-7-13-15(10-12)19-14(8-9-16(19)18-13)11-4-2-1-3-5-11/h1-7,10,14H,8-9H2. The summed E-state index contributed by atoms with van der Waals surface area (Å²) in [6.45, 7) is 0. The van der Waals surface area contributed by atoms with Gasteiger partial charge in [0.05, 0.1) is 17.1 Å². The average Bonchev–Trinajstić information content (AvgIpc) is 2.99. The third-order valence-corrected chi connectivity index (χ3v) is 4.36. The molecule has 94 valence electrons. The van der Waals surface area contributed by atoms with E-state index in [0.717, 1.165) is 22.8 Å². The molecule has 0 bridgehead atoms. The topological polar surface area (TPSA) is 17.8 Å². The molecule has 0 N–H and O–H groups in total. The SMILES string of the molecule is Brc1ccc2nc3n(c2c1)C(c1ccccc1)CC3. The highest BCUT2D eigenvalue weighted by molar-refractivity contribution is 9.10. The zero-order chi connectivity index (χ0) is 12.8. The van der Waals surface area contributed by atoms with E-state index < -0.39 is 0 Å². The van der Waals surface area contributed by atoms with Gasteiger partial charge in [-0.2, -0.15) is 0 Å². The summed E-state index contributed by atoms with van der Waals surface area (Å²) in [5.74, 6) is 1.21. The fourth-order valence-electron chi connectivity index (χ4n) is 3.03. The normalized spacial score (nSPS) is 17.8. The highest BCUT2D eigenvalue weighted by Gasteiger charge is 2.26. The quantitative estimate of drug-likeness (QED) is 0.654. The summed E-state index contributed by atoms with van der Waals surface area (Å²) in [6, 6.07) is 17.5. The summed E-state index contributed by atoms with van der Waals surface area (Å²) >= 11 is 3.56. The zero-order valence-corrected chi connectivity index (χ0v) is 12.0. The first-order valence-corrected chi connectivity index (χ1v) is 7.33. The summed E-state index contributed by atoms with van der Waals surface area (Å²) in [7, 11) is 0. The zero-order valence-electron chi connectivity index (χ0n) is 10.4. The van der Waals surface area contributed by atoms with E-state index in [1.165, 1.54) is 16.9 Å². The number of hydrogen-bond donors (Lipinski definition) is 0. The monoisotopic (exact) mass is 312 g/mol. The lowest BCUT2D eigenvalue weighted by atomic mass is 10.0. The second-order valence-corrected chi connectivity index (χ2v) is 5.91. The number of halogens is 1. The Kier molecular flexibility index (Phi) is 2.49. The molecule has 1 aliphatic heterocycles. The van der Waals surface area contributed by atoms with Crippen LogP contribution in [0.15, 0.2) is 53.0 Å². The van der Waals surface area contributed by atoms with Crippen LogP contribution in [0.3, 0.4) is 0 Å². The van der Waals surface area contributed by atoms with Crippen molar-refractivity contribution < 1.29 is 0 Å². The Morgan fingerprint density at radius 3 is 2.79 bits per heavy atom. The van der Waals surface area contributed by atoms with Gasteiger partial charge in [-0.05, 0) is 30.2 Å². The Morgan fingerprint density at radius 2 is 1.95 bits per heavy atom. The van der Waals surface area contributed by atoms with Gasteiger partial charge in [0.15, 0.2) is 0 Å². The predicted molar refractivity (Wildman–Crippen MR) is 80.3 cm³/mol. The maximum absolute atomic E-state index is 4.75. The Balaban J connectivity index is 1.94. The third-order valence-electron chi connectivity index (χ3n) is 3.86. The van der Waals surface area contributed by atoms with Crippen LogP contribution in [0.1, 0.15) is 23.9 Å². The Bertz CT molecular complexity index is 746. The van der Waals surface area contributed by atoms with Crippen molar-refractivity contribution in [2.75, 3.05) is 0 Å². The fraction of sp³-hybridized carbons (Fsp3) is 0.188. The highest BCUT2D eigenvalue weighted by Crippen LogP contribution is 2.35. The molecule has 1 aliphatic rings. The van der Waals surface area contributed by atoms with Crippen molar-refractivity contribution in [2.24, 2.45) is 0 Å². The van der Waals surface area contributed by atoms with E-state index >= 15 is 0 Å². The molecule has 2 aromatic carbocycles. The van der Waals surface area contributed by atoms with Gasteiger partial charge in [-0.3, -0.25) is 0 Å². The molecule has 0 saturated heterocycles. The summed E-state index contributed by atoms with van der Waals surface area (Å²) in [6.07, 6.45) is 2.21. The first-order valence-electron chi connectivity index (χ1n) is 6.54. The predicted octanol–water partition coefficient (Wildman–Crippen LogP) is 4.33.